The molecule has 3 aromatic rings. The summed E-state index contributed by atoms with van der Waals surface area (Å²) in [7, 11) is -3.64. The fraction of sp³-hybridized carbons (Fsp3) is 0.333. The van der Waals surface area contributed by atoms with Crippen LogP contribution in [-0.4, -0.2) is 47.9 Å². The van der Waals surface area contributed by atoms with Gasteiger partial charge in [0.25, 0.3) is 5.91 Å². The highest BCUT2D eigenvalue weighted by atomic mass is 32.2. The van der Waals surface area contributed by atoms with E-state index in [1.165, 1.54) is 10.4 Å². The zero-order valence-corrected chi connectivity index (χ0v) is 19.4. The average Bonchev–Trinajstić information content (AvgIpc) is 3.34. The number of hydrogen-bond acceptors (Lipinski definition) is 5. The summed E-state index contributed by atoms with van der Waals surface area (Å²) < 4.78 is 35.6. The smallest absolute Gasteiger partial charge is 0.255 e. The third-order valence-corrected chi connectivity index (χ3v) is 7.73. The molecule has 4 rings (SSSR count). The summed E-state index contributed by atoms with van der Waals surface area (Å²) in [6.07, 6.45) is 8.02. The number of nitrogens with one attached hydrogen (secondary N) is 1. The van der Waals surface area contributed by atoms with Gasteiger partial charge in [0.05, 0.1) is 23.5 Å². The Labute approximate surface area is 194 Å². The third kappa shape index (κ3) is 5.43. The van der Waals surface area contributed by atoms with Crippen LogP contribution in [-0.2, 0) is 16.6 Å². The summed E-state index contributed by atoms with van der Waals surface area (Å²) in [5.41, 5.74) is 1.43. The number of carbonyl (C=O) groups excluding carboxylic acids is 1. The van der Waals surface area contributed by atoms with Crippen LogP contribution < -0.4 is 10.1 Å². The predicted molar refractivity (Wildman–Crippen MR) is 126 cm³/mol. The molecule has 1 aromatic heterocycles. The van der Waals surface area contributed by atoms with Gasteiger partial charge in [0.2, 0.25) is 10.0 Å². The number of ether oxygens (including phenoxy) is 1. The Morgan fingerprint density at radius 3 is 2.67 bits per heavy atom. The van der Waals surface area contributed by atoms with Crippen LogP contribution >= 0.6 is 0 Å². The van der Waals surface area contributed by atoms with E-state index in [1.807, 2.05) is 16.8 Å². The van der Waals surface area contributed by atoms with Gasteiger partial charge in [-0.15, -0.1) is 0 Å². The second-order valence-corrected chi connectivity index (χ2v) is 9.95. The van der Waals surface area contributed by atoms with E-state index >= 15 is 0 Å². The monoisotopic (exact) mass is 468 g/mol. The minimum absolute atomic E-state index is 0.182. The molecular formula is C24H28N4O4S. The van der Waals surface area contributed by atoms with Crippen molar-refractivity contribution in [2.45, 2.75) is 37.6 Å². The van der Waals surface area contributed by atoms with Crippen molar-refractivity contribution < 1.29 is 17.9 Å². The Hall–Kier alpha value is -3.17. The van der Waals surface area contributed by atoms with E-state index in [0.717, 1.165) is 19.3 Å². The molecule has 1 aliphatic rings. The van der Waals surface area contributed by atoms with E-state index in [1.54, 1.807) is 49.8 Å². The first-order valence-electron chi connectivity index (χ1n) is 11.0. The third-order valence-electron chi connectivity index (χ3n) is 5.68. The first-order chi connectivity index (χ1) is 15.9. The largest absolute Gasteiger partial charge is 0.490 e. The summed E-state index contributed by atoms with van der Waals surface area (Å²) >= 11 is 0. The van der Waals surface area contributed by atoms with Crippen molar-refractivity contribution >= 4 is 21.6 Å². The van der Waals surface area contributed by atoms with Gasteiger partial charge < -0.3 is 14.6 Å². The molecule has 9 heteroatoms. The molecule has 1 aliphatic heterocycles. The molecule has 0 spiro atoms. The Morgan fingerprint density at radius 1 is 1.12 bits per heavy atom. The van der Waals surface area contributed by atoms with Crippen molar-refractivity contribution in [1.29, 1.82) is 0 Å². The molecular weight excluding hydrogens is 440 g/mol. The highest BCUT2D eigenvalue weighted by Gasteiger charge is 2.28. The number of sulfonamides is 1. The van der Waals surface area contributed by atoms with Crippen LogP contribution in [0.15, 0.2) is 66.1 Å². The standard InChI is InChI=1S/C24H28N4O4S/c1-19-9-10-20(17-23(19)33(30,31)28-12-5-2-6-13-28)24(29)26-21-7-3-4-8-22(21)32-16-15-27-14-11-25-18-27/h3-4,7-11,14,17-18H,2,5-6,12-13,15-16H2,1H3,(H,26,29). The zero-order valence-electron chi connectivity index (χ0n) is 18.6. The SMILES string of the molecule is Cc1ccc(C(=O)Nc2ccccc2OCCn2ccnc2)cc1S(=O)(=O)N1CCCCC1. The first kappa shape index (κ1) is 23.0. The number of hydrogen-bond donors (Lipinski definition) is 1. The Morgan fingerprint density at radius 2 is 1.91 bits per heavy atom. The molecule has 0 radical (unpaired) electrons. The number of nitrogens with zero attached hydrogens (tertiary/aromatic N) is 3. The van der Waals surface area contributed by atoms with Crippen LogP contribution in [0.2, 0.25) is 0 Å². The van der Waals surface area contributed by atoms with Gasteiger partial charge in [-0.05, 0) is 49.6 Å². The van der Waals surface area contributed by atoms with E-state index in [0.29, 0.717) is 43.2 Å². The molecule has 1 fully saturated rings. The fourth-order valence-corrected chi connectivity index (χ4v) is 5.60. The normalized spacial score (nSPS) is 14.7. The summed E-state index contributed by atoms with van der Waals surface area (Å²) in [6, 6.07) is 12.0. The van der Waals surface area contributed by atoms with Gasteiger partial charge in [-0.2, -0.15) is 4.31 Å². The van der Waals surface area contributed by atoms with Gasteiger partial charge in [0.1, 0.15) is 12.4 Å². The topological polar surface area (TPSA) is 93.5 Å². The van der Waals surface area contributed by atoms with Crippen LogP contribution in [0.1, 0.15) is 35.2 Å². The Bertz CT molecular complexity index is 1200. The second-order valence-electron chi connectivity index (χ2n) is 8.04. The number of imidazole rings is 1. The Balaban J connectivity index is 1.49. The number of anilines is 1. The van der Waals surface area contributed by atoms with Crippen LogP contribution in [0.25, 0.3) is 0 Å². The molecule has 0 unspecified atom stereocenters. The number of carbonyl (C=O) groups is 1. The van der Waals surface area contributed by atoms with E-state index in [2.05, 4.69) is 10.3 Å². The fourth-order valence-electron chi connectivity index (χ4n) is 3.83. The minimum Gasteiger partial charge on any atom is -0.490 e. The minimum atomic E-state index is -3.64. The van der Waals surface area contributed by atoms with Crippen molar-refractivity contribution in [3.63, 3.8) is 0 Å². The van der Waals surface area contributed by atoms with Crippen molar-refractivity contribution in [2.75, 3.05) is 25.0 Å². The van der Waals surface area contributed by atoms with Gasteiger partial charge in [-0.1, -0.05) is 24.6 Å². The molecule has 1 saturated heterocycles. The molecule has 2 aromatic carbocycles. The highest BCUT2D eigenvalue weighted by molar-refractivity contribution is 7.89. The molecule has 33 heavy (non-hydrogen) atoms. The lowest BCUT2D eigenvalue weighted by atomic mass is 10.1. The molecule has 0 saturated carbocycles. The maximum absolute atomic E-state index is 13.2. The summed E-state index contributed by atoms with van der Waals surface area (Å²) in [4.78, 5) is 17.2. The number of aryl methyl sites for hydroxylation is 1. The average molecular weight is 469 g/mol. The molecule has 174 valence electrons. The van der Waals surface area contributed by atoms with Gasteiger partial charge in [0.15, 0.2) is 0 Å². The summed E-state index contributed by atoms with van der Waals surface area (Å²) in [6.45, 7) is 3.82. The van der Waals surface area contributed by atoms with Crippen molar-refractivity contribution in [2.24, 2.45) is 0 Å². The van der Waals surface area contributed by atoms with E-state index in [-0.39, 0.29) is 10.5 Å². The lowest BCUT2D eigenvalue weighted by Crippen LogP contribution is -2.36. The van der Waals surface area contributed by atoms with E-state index in [4.69, 9.17) is 4.74 Å². The molecule has 8 nitrogen and oxygen atoms in total. The van der Waals surface area contributed by atoms with Gasteiger partial charge in [-0.25, -0.2) is 13.4 Å². The zero-order chi connectivity index (χ0) is 23.3. The van der Waals surface area contributed by atoms with Crippen LogP contribution in [0.4, 0.5) is 5.69 Å². The molecule has 0 bridgehead atoms. The maximum Gasteiger partial charge on any atom is 0.255 e. The van der Waals surface area contributed by atoms with E-state index in [9.17, 15) is 13.2 Å². The number of aromatic nitrogens is 2. The summed E-state index contributed by atoms with van der Waals surface area (Å²) in [5, 5.41) is 2.86. The summed E-state index contributed by atoms with van der Waals surface area (Å²) in [5.74, 6) is 0.148. The lowest BCUT2D eigenvalue weighted by molar-refractivity contribution is 0.102. The molecule has 0 atom stereocenters. The van der Waals surface area contributed by atoms with Crippen LogP contribution in [0, 0.1) is 6.92 Å². The molecule has 0 aliphatic carbocycles. The second kappa shape index (κ2) is 10.2. The van der Waals surface area contributed by atoms with Crippen LogP contribution in [0.5, 0.6) is 5.75 Å². The maximum atomic E-state index is 13.2. The quantitative estimate of drug-likeness (QED) is 0.544. The van der Waals surface area contributed by atoms with Crippen LogP contribution in [0.3, 0.4) is 0 Å². The number of benzene rings is 2. The predicted octanol–water partition coefficient (Wildman–Crippen LogP) is 3.70. The van der Waals surface area contributed by atoms with Crippen molar-refractivity contribution in [3.8, 4) is 5.75 Å². The van der Waals surface area contributed by atoms with Gasteiger partial charge >= 0.3 is 0 Å². The number of para-hydroxylation sites is 2. The van der Waals surface area contributed by atoms with Crippen molar-refractivity contribution in [3.05, 3.63) is 72.3 Å². The van der Waals surface area contributed by atoms with Crippen molar-refractivity contribution in [1.82, 2.24) is 13.9 Å². The number of amides is 1. The molecule has 1 N–H and O–H groups in total. The lowest BCUT2D eigenvalue weighted by Gasteiger charge is -2.26. The van der Waals surface area contributed by atoms with E-state index < -0.39 is 15.9 Å². The van der Waals surface area contributed by atoms with Gasteiger partial charge in [-0.3, -0.25) is 4.79 Å². The molecule has 2 heterocycles. The molecule has 1 amide bonds. The Kier molecular flexibility index (Phi) is 7.10. The first-order valence-corrected chi connectivity index (χ1v) is 12.5. The van der Waals surface area contributed by atoms with Gasteiger partial charge in [0, 0.05) is 31.0 Å². The number of piperidine rings is 1. The number of rotatable bonds is 8. The highest BCUT2D eigenvalue weighted by Crippen LogP contribution is 2.27.